The lowest BCUT2D eigenvalue weighted by atomic mass is 10.2. The molecule has 9 heteroatoms. The van der Waals surface area contributed by atoms with Gasteiger partial charge in [0.1, 0.15) is 0 Å². The van der Waals surface area contributed by atoms with Crippen LogP contribution in [0.2, 0.25) is 5.15 Å². The molecule has 1 amide bonds. The molecular weight excluding hydrogens is 400 g/mol. The number of carbonyl (C=O) groups excluding carboxylic acids is 2. The number of nitrogens with zero attached hydrogens (tertiary/aromatic N) is 2. The fourth-order valence-corrected chi connectivity index (χ4v) is 3.06. The van der Waals surface area contributed by atoms with Crippen molar-refractivity contribution in [2.24, 2.45) is 0 Å². The Labute approximate surface area is 170 Å². The predicted molar refractivity (Wildman–Crippen MR) is 109 cm³/mol. The van der Waals surface area contributed by atoms with Crippen LogP contribution in [-0.2, 0) is 16.1 Å². The number of esters is 1. The Morgan fingerprint density at radius 2 is 2.00 bits per heavy atom. The van der Waals surface area contributed by atoms with Gasteiger partial charge in [-0.15, -0.1) is 11.3 Å². The summed E-state index contributed by atoms with van der Waals surface area (Å²) in [5.74, 6) is -1.19. The molecule has 0 saturated heterocycles. The van der Waals surface area contributed by atoms with Crippen molar-refractivity contribution >= 4 is 45.6 Å². The van der Waals surface area contributed by atoms with Gasteiger partial charge >= 0.3 is 5.97 Å². The van der Waals surface area contributed by atoms with Crippen molar-refractivity contribution in [3.8, 4) is 0 Å². The summed E-state index contributed by atoms with van der Waals surface area (Å²) in [4.78, 5) is 32.5. The second-order valence-corrected chi connectivity index (χ2v) is 6.97. The zero-order valence-corrected chi connectivity index (χ0v) is 16.5. The Morgan fingerprint density at radius 3 is 2.75 bits per heavy atom. The van der Waals surface area contributed by atoms with Crippen LogP contribution in [0.4, 0.5) is 10.8 Å². The fraction of sp³-hybridized carbons (Fsp3) is 0.158. The standard InChI is InChI=1S/C19H17ClN4O3S/c1-12(17(25)23-14-8-5-9-21-16(14)20)27-18(26)15-11-28-19(24-15)22-10-13-6-3-2-4-7-13/h2-9,11-12H,10H2,1H3,(H,22,24)(H,23,25)/t12-/m0/s1. The topological polar surface area (TPSA) is 93.2 Å². The number of ether oxygens (including phenoxy) is 1. The average Bonchev–Trinajstić information content (AvgIpc) is 3.18. The number of benzene rings is 1. The smallest absolute Gasteiger partial charge is 0.358 e. The first kappa shape index (κ1) is 19.8. The van der Waals surface area contributed by atoms with Gasteiger partial charge in [-0.2, -0.15) is 0 Å². The van der Waals surface area contributed by atoms with Crippen LogP contribution >= 0.6 is 22.9 Å². The summed E-state index contributed by atoms with van der Waals surface area (Å²) < 4.78 is 5.19. The van der Waals surface area contributed by atoms with Crippen molar-refractivity contribution in [1.82, 2.24) is 9.97 Å². The molecule has 3 aromatic rings. The first-order chi connectivity index (χ1) is 13.5. The predicted octanol–water partition coefficient (Wildman–Crippen LogP) is 3.99. The van der Waals surface area contributed by atoms with Crippen LogP contribution in [0.15, 0.2) is 54.0 Å². The minimum absolute atomic E-state index is 0.139. The van der Waals surface area contributed by atoms with E-state index in [0.29, 0.717) is 17.4 Å². The van der Waals surface area contributed by atoms with E-state index in [1.165, 1.54) is 24.5 Å². The van der Waals surface area contributed by atoms with Crippen molar-refractivity contribution < 1.29 is 14.3 Å². The number of hydrogen-bond acceptors (Lipinski definition) is 7. The SMILES string of the molecule is C[C@H](OC(=O)c1csc(NCc2ccccc2)n1)C(=O)Nc1cccnc1Cl. The Hall–Kier alpha value is -2.97. The molecular formula is C19H17ClN4O3S. The van der Waals surface area contributed by atoms with Gasteiger partial charge in [0.2, 0.25) is 0 Å². The van der Waals surface area contributed by atoms with Crippen LogP contribution in [0.25, 0.3) is 0 Å². The van der Waals surface area contributed by atoms with Crippen molar-refractivity contribution in [2.45, 2.75) is 19.6 Å². The molecule has 2 N–H and O–H groups in total. The molecule has 0 saturated carbocycles. The minimum Gasteiger partial charge on any atom is -0.448 e. The molecule has 0 aliphatic rings. The minimum atomic E-state index is -1.02. The van der Waals surface area contributed by atoms with Crippen LogP contribution in [0.1, 0.15) is 23.0 Å². The highest BCUT2D eigenvalue weighted by Gasteiger charge is 2.21. The van der Waals surface area contributed by atoms with Gasteiger partial charge in [0.05, 0.1) is 5.69 Å². The van der Waals surface area contributed by atoms with Crippen LogP contribution in [-0.4, -0.2) is 27.9 Å². The van der Waals surface area contributed by atoms with E-state index in [4.69, 9.17) is 16.3 Å². The number of aromatic nitrogens is 2. The summed E-state index contributed by atoms with van der Waals surface area (Å²) in [6, 6.07) is 13.1. The quantitative estimate of drug-likeness (QED) is 0.447. The lowest BCUT2D eigenvalue weighted by Crippen LogP contribution is -2.30. The third kappa shape index (κ3) is 5.28. The van der Waals surface area contributed by atoms with Gasteiger partial charge in [-0.3, -0.25) is 4.79 Å². The number of halogens is 1. The van der Waals surface area contributed by atoms with E-state index in [1.807, 2.05) is 30.3 Å². The molecule has 0 spiro atoms. The number of pyridine rings is 1. The first-order valence-corrected chi connectivity index (χ1v) is 9.64. The average molecular weight is 417 g/mol. The molecule has 3 rings (SSSR count). The van der Waals surface area contributed by atoms with Crippen LogP contribution in [0.3, 0.4) is 0 Å². The van der Waals surface area contributed by atoms with Crippen LogP contribution in [0.5, 0.6) is 0 Å². The maximum Gasteiger partial charge on any atom is 0.358 e. The summed E-state index contributed by atoms with van der Waals surface area (Å²) in [6.45, 7) is 2.06. The van der Waals surface area contributed by atoms with Crippen molar-refractivity contribution in [3.05, 3.63) is 70.5 Å². The number of hydrogen-bond donors (Lipinski definition) is 2. The molecule has 1 atom stereocenters. The molecule has 0 unspecified atom stereocenters. The highest BCUT2D eigenvalue weighted by molar-refractivity contribution is 7.13. The van der Waals surface area contributed by atoms with E-state index >= 15 is 0 Å². The lowest BCUT2D eigenvalue weighted by molar-refractivity contribution is -0.123. The van der Waals surface area contributed by atoms with E-state index in [2.05, 4.69) is 20.6 Å². The van der Waals surface area contributed by atoms with Crippen LogP contribution in [0, 0.1) is 0 Å². The molecule has 7 nitrogen and oxygen atoms in total. The first-order valence-electron chi connectivity index (χ1n) is 8.38. The second-order valence-electron chi connectivity index (χ2n) is 5.76. The number of anilines is 2. The maximum absolute atomic E-state index is 12.2. The molecule has 0 radical (unpaired) electrons. The normalized spacial score (nSPS) is 11.5. The highest BCUT2D eigenvalue weighted by atomic mass is 35.5. The Balaban J connectivity index is 1.53. The molecule has 0 aliphatic heterocycles. The summed E-state index contributed by atoms with van der Waals surface area (Å²) >= 11 is 7.19. The van der Waals surface area contributed by atoms with Crippen molar-refractivity contribution in [2.75, 3.05) is 10.6 Å². The summed E-state index contributed by atoms with van der Waals surface area (Å²) in [6.07, 6.45) is 0.485. The number of rotatable bonds is 7. The molecule has 2 aromatic heterocycles. The number of nitrogens with one attached hydrogen (secondary N) is 2. The van der Waals surface area contributed by atoms with Gasteiger partial charge in [-0.25, -0.2) is 14.8 Å². The van der Waals surface area contributed by atoms with Gasteiger partial charge in [-0.05, 0) is 24.6 Å². The van der Waals surface area contributed by atoms with Gasteiger partial charge in [0.25, 0.3) is 5.91 Å². The molecule has 0 bridgehead atoms. The van der Waals surface area contributed by atoms with Crippen molar-refractivity contribution in [3.63, 3.8) is 0 Å². The summed E-state index contributed by atoms with van der Waals surface area (Å²) in [5.41, 5.74) is 1.58. The van der Waals surface area contributed by atoms with Gasteiger partial charge in [-0.1, -0.05) is 41.9 Å². The third-order valence-corrected chi connectivity index (χ3v) is 4.77. The molecule has 0 fully saturated rings. The van der Waals surface area contributed by atoms with Gasteiger partial charge in [0.15, 0.2) is 22.1 Å². The fourth-order valence-electron chi connectivity index (χ4n) is 2.21. The zero-order valence-electron chi connectivity index (χ0n) is 14.9. The molecule has 28 heavy (non-hydrogen) atoms. The largest absolute Gasteiger partial charge is 0.448 e. The Kier molecular flexibility index (Phi) is 6.57. The highest BCUT2D eigenvalue weighted by Crippen LogP contribution is 2.19. The molecule has 1 aromatic carbocycles. The number of carbonyl (C=O) groups is 2. The lowest BCUT2D eigenvalue weighted by Gasteiger charge is -2.13. The van der Waals surface area contributed by atoms with Gasteiger partial charge in [0, 0.05) is 18.1 Å². The van der Waals surface area contributed by atoms with E-state index in [0.717, 1.165) is 5.56 Å². The second kappa shape index (κ2) is 9.29. The Morgan fingerprint density at radius 1 is 1.21 bits per heavy atom. The third-order valence-electron chi connectivity index (χ3n) is 3.67. The maximum atomic E-state index is 12.2. The summed E-state index contributed by atoms with van der Waals surface area (Å²) in [5, 5.41) is 8.05. The van der Waals surface area contributed by atoms with Crippen molar-refractivity contribution in [1.29, 1.82) is 0 Å². The Bertz CT molecular complexity index is 965. The van der Waals surface area contributed by atoms with Crippen LogP contribution < -0.4 is 10.6 Å². The molecule has 0 aliphatic carbocycles. The monoisotopic (exact) mass is 416 g/mol. The molecule has 144 valence electrons. The number of thiazole rings is 1. The van der Waals surface area contributed by atoms with E-state index in [1.54, 1.807) is 17.5 Å². The number of amides is 1. The zero-order chi connectivity index (χ0) is 19.9. The van der Waals surface area contributed by atoms with E-state index in [9.17, 15) is 9.59 Å². The van der Waals surface area contributed by atoms with E-state index < -0.39 is 18.0 Å². The van der Waals surface area contributed by atoms with Gasteiger partial charge < -0.3 is 15.4 Å². The van der Waals surface area contributed by atoms with E-state index in [-0.39, 0.29) is 10.8 Å². The molecule has 2 heterocycles. The summed E-state index contributed by atoms with van der Waals surface area (Å²) in [7, 11) is 0.